The second-order valence-electron chi connectivity index (χ2n) is 5.71. The van der Waals surface area contributed by atoms with Crippen LogP contribution in [0.2, 0.25) is 0 Å². The molecule has 0 radical (unpaired) electrons. The van der Waals surface area contributed by atoms with Crippen LogP contribution in [0.4, 0.5) is 5.69 Å². The van der Waals surface area contributed by atoms with Crippen molar-refractivity contribution in [3.05, 3.63) is 65.9 Å². The first-order valence-corrected chi connectivity index (χ1v) is 8.29. The highest BCUT2D eigenvalue weighted by Gasteiger charge is 2.09. The van der Waals surface area contributed by atoms with Gasteiger partial charge in [0.2, 0.25) is 5.91 Å². The van der Waals surface area contributed by atoms with Crippen molar-refractivity contribution >= 4 is 28.5 Å². The number of fused-ring (bicyclic) bond motifs is 1. The maximum atomic E-state index is 12.2. The third-order valence-electron chi connectivity index (χ3n) is 3.98. The number of benzene rings is 2. The van der Waals surface area contributed by atoms with E-state index in [1.165, 1.54) is 0 Å². The zero-order valence-corrected chi connectivity index (χ0v) is 14.0. The number of rotatable bonds is 6. The number of ether oxygens (including phenoxy) is 1. The number of aromatic nitrogens is 1. The van der Waals surface area contributed by atoms with Crippen molar-refractivity contribution in [2.24, 2.45) is 0 Å². The van der Waals surface area contributed by atoms with Crippen LogP contribution in [0.1, 0.15) is 29.3 Å². The lowest BCUT2D eigenvalue weighted by molar-refractivity contribution is -0.116. The second kappa shape index (κ2) is 7.66. The van der Waals surface area contributed by atoms with Gasteiger partial charge in [0.05, 0.1) is 12.2 Å². The van der Waals surface area contributed by atoms with Gasteiger partial charge in [0.25, 0.3) is 0 Å². The van der Waals surface area contributed by atoms with E-state index in [4.69, 9.17) is 4.74 Å². The Balaban J connectivity index is 1.56. The summed E-state index contributed by atoms with van der Waals surface area (Å²) in [6.07, 6.45) is 3.00. The van der Waals surface area contributed by atoms with Gasteiger partial charge in [0, 0.05) is 29.2 Å². The number of H-pyrrole nitrogens is 1. The molecule has 0 saturated carbocycles. The summed E-state index contributed by atoms with van der Waals surface area (Å²) in [7, 11) is 0. The molecule has 2 N–H and O–H groups in total. The Morgan fingerprint density at radius 3 is 2.60 bits per heavy atom. The minimum absolute atomic E-state index is 0.0610. The first kappa shape index (κ1) is 16.8. The fourth-order valence-corrected chi connectivity index (χ4v) is 2.71. The Kier molecular flexibility index (Phi) is 5.14. The molecule has 3 aromatic rings. The highest BCUT2D eigenvalue weighted by atomic mass is 16.5. The maximum Gasteiger partial charge on any atom is 0.338 e. The summed E-state index contributed by atoms with van der Waals surface area (Å²) in [5, 5.41) is 4.00. The molecule has 5 heteroatoms. The van der Waals surface area contributed by atoms with Crippen LogP contribution in [0.15, 0.2) is 54.7 Å². The number of para-hydroxylation sites is 1. The van der Waals surface area contributed by atoms with E-state index in [0.717, 1.165) is 16.5 Å². The lowest BCUT2D eigenvalue weighted by atomic mass is 10.1. The second-order valence-corrected chi connectivity index (χ2v) is 5.71. The van der Waals surface area contributed by atoms with Crippen LogP contribution in [-0.2, 0) is 16.0 Å². The van der Waals surface area contributed by atoms with E-state index < -0.39 is 0 Å². The lowest BCUT2D eigenvalue weighted by Crippen LogP contribution is -2.12. The van der Waals surface area contributed by atoms with Gasteiger partial charge in [-0.15, -0.1) is 0 Å². The molecule has 0 aliphatic rings. The zero-order chi connectivity index (χ0) is 17.6. The molecule has 2 aromatic carbocycles. The van der Waals surface area contributed by atoms with Crippen LogP contribution in [0.5, 0.6) is 0 Å². The molecule has 0 saturated heterocycles. The van der Waals surface area contributed by atoms with Gasteiger partial charge in [-0.3, -0.25) is 4.79 Å². The van der Waals surface area contributed by atoms with Crippen molar-refractivity contribution in [1.29, 1.82) is 0 Å². The van der Waals surface area contributed by atoms with Crippen LogP contribution in [0.3, 0.4) is 0 Å². The normalized spacial score (nSPS) is 10.6. The number of anilines is 1. The molecular weight excluding hydrogens is 316 g/mol. The molecule has 0 bridgehead atoms. The van der Waals surface area contributed by atoms with Gasteiger partial charge in [-0.1, -0.05) is 18.2 Å². The topological polar surface area (TPSA) is 71.2 Å². The first-order chi connectivity index (χ1) is 12.2. The average molecular weight is 336 g/mol. The summed E-state index contributed by atoms with van der Waals surface area (Å²) in [6, 6.07) is 14.7. The van der Waals surface area contributed by atoms with Crippen LogP contribution in [0.25, 0.3) is 10.9 Å². The van der Waals surface area contributed by atoms with Gasteiger partial charge in [0.15, 0.2) is 0 Å². The number of hydrogen-bond acceptors (Lipinski definition) is 3. The Labute approximate surface area is 146 Å². The molecule has 0 aliphatic heterocycles. The molecule has 0 aliphatic carbocycles. The van der Waals surface area contributed by atoms with E-state index in [-0.39, 0.29) is 11.9 Å². The molecule has 5 nitrogen and oxygen atoms in total. The van der Waals surface area contributed by atoms with Crippen molar-refractivity contribution in [3.8, 4) is 0 Å². The summed E-state index contributed by atoms with van der Waals surface area (Å²) >= 11 is 0. The number of amides is 1. The van der Waals surface area contributed by atoms with E-state index in [0.29, 0.717) is 30.7 Å². The fraction of sp³-hybridized carbons (Fsp3) is 0.200. The molecule has 1 heterocycles. The molecule has 0 atom stereocenters. The number of carbonyl (C=O) groups is 2. The van der Waals surface area contributed by atoms with Crippen molar-refractivity contribution in [1.82, 2.24) is 4.98 Å². The largest absolute Gasteiger partial charge is 0.462 e. The van der Waals surface area contributed by atoms with E-state index in [1.807, 2.05) is 30.5 Å². The molecule has 1 aromatic heterocycles. The van der Waals surface area contributed by atoms with Gasteiger partial charge in [-0.25, -0.2) is 4.79 Å². The Hall–Kier alpha value is -3.08. The fourth-order valence-electron chi connectivity index (χ4n) is 2.71. The van der Waals surface area contributed by atoms with Gasteiger partial charge in [0.1, 0.15) is 0 Å². The Morgan fingerprint density at radius 2 is 1.84 bits per heavy atom. The molecular formula is C20H20N2O3. The number of carbonyl (C=O) groups excluding carboxylic acids is 2. The van der Waals surface area contributed by atoms with Crippen LogP contribution >= 0.6 is 0 Å². The molecule has 0 fully saturated rings. The molecule has 25 heavy (non-hydrogen) atoms. The van der Waals surface area contributed by atoms with Gasteiger partial charge in [-0.2, -0.15) is 0 Å². The van der Waals surface area contributed by atoms with E-state index in [9.17, 15) is 9.59 Å². The summed E-state index contributed by atoms with van der Waals surface area (Å²) in [4.78, 5) is 27.0. The summed E-state index contributed by atoms with van der Waals surface area (Å²) < 4.78 is 4.93. The van der Waals surface area contributed by atoms with E-state index in [2.05, 4.69) is 10.3 Å². The minimum atomic E-state index is -0.361. The SMILES string of the molecule is CCOC(=O)c1ccc(NC(=O)CCc2c[nH]c3ccccc23)cc1. The Bertz CT molecular complexity index is 881. The smallest absolute Gasteiger partial charge is 0.338 e. The van der Waals surface area contributed by atoms with Crippen molar-refractivity contribution in [2.45, 2.75) is 19.8 Å². The number of nitrogens with one attached hydrogen (secondary N) is 2. The minimum Gasteiger partial charge on any atom is -0.462 e. The number of esters is 1. The predicted octanol–water partition coefficient (Wildman–Crippen LogP) is 3.92. The van der Waals surface area contributed by atoms with E-state index in [1.54, 1.807) is 31.2 Å². The number of aromatic amines is 1. The summed E-state index contributed by atoms with van der Waals surface area (Å²) in [6.45, 7) is 2.10. The van der Waals surface area contributed by atoms with Crippen molar-refractivity contribution in [3.63, 3.8) is 0 Å². The monoisotopic (exact) mass is 336 g/mol. The quantitative estimate of drug-likeness (QED) is 0.670. The summed E-state index contributed by atoms with van der Waals surface area (Å²) in [5.41, 5.74) is 3.34. The van der Waals surface area contributed by atoms with E-state index >= 15 is 0 Å². The highest BCUT2D eigenvalue weighted by molar-refractivity contribution is 5.93. The van der Waals surface area contributed by atoms with Crippen LogP contribution in [0, 0.1) is 0 Å². The average Bonchev–Trinajstić information content (AvgIpc) is 3.04. The highest BCUT2D eigenvalue weighted by Crippen LogP contribution is 2.19. The Morgan fingerprint density at radius 1 is 1.08 bits per heavy atom. The van der Waals surface area contributed by atoms with Crippen molar-refractivity contribution < 1.29 is 14.3 Å². The molecule has 128 valence electrons. The summed E-state index contributed by atoms with van der Waals surface area (Å²) in [5.74, 6) is -0.422. The standard InChI is InChI=1S/C20H20N2O3/c1-2-25-20(24)14-7-10-16(11-8-14)22-19(23)12-9-15-13-21-18-6-4-3-5-17(15)18/h3-8,10-11,13,21H,2,9,12H2,1H3,(H,22,23). The van der Waals surface area contributed by atoms with Crippen LogP contribution in [-0.4, -0.2) is 23.5 Å². The van der Waals surface area contributed by atoms with Gasteiger partial charge < -0.3 is 15.0 Å². The maximum absolute atomic E-state index is 12.2. The molecule has 3 rings (SSSR count). The molecule has 1 amide bonds. The zero-order valence-electron chi connectivity index (χ0n) is 14.0. The van der Waals surface area contributed by atoms with Gasteiger partial charge >= 0.3 is 5.97 Å². The van der Waals surface area contributed by atoms with Crippen molar-refractivity contribution in [2.75, 3.05) is 11.9 Å². The molecule has 0 spiro atoms. The predicted molar refractivity (Wildman–Crippen MR) is 97.6 cm³/mol. The number of aryl methyl sites for hydroxylation is 1. The van der Waals surface area contributed by atoms with Gasteiger partial charge in [-0.05, 0) is 49.2 Å². The van der Waals surface area contributed by atoms with Crippen LogP contribution < -0.4 is 5.32 Å². The lowest BCUT2D eigenvalue weighted by Gasteiger charge is -2.06. The third-order valence-corrected chi connectivity index (χ3v) is 3.98. The first-order valence-electron chi connectivity index (χ1n) is 8.29. The number of hydrogen-bond donors (Lipinski definition) is 2. The third kappa shape index (κ3) is 4.07. The molecule has 0 unspecified atom stereocenters.